The summed E-state index contributed by atoms with van der Waals surface area (Å²) in [5, 5.41) is 0.281. The highest BCUT2D eigenvalue weighted by atomic mass is 35.5. The van der Waals surface area contributed by atoms with Crippen LogP contribution in [0.2, 0.25) is 5.02 Å². The van der Waals surface area contributed by atoms with Crippen molar-refractivity contribution in [3.05, 3.63) is 34.6 Å². The number of anilines is 1. The minimum atomic E-state index is -0.496. The third-order valence-electron chi connectivity index (χ3n) is 2.46. The number of ketones is 1. The average Bonchev–Trinajstić information content (AvgIpc) is 2.48. The summed E-state index contributed by atoms with van der Waals surface area (Å²) in [6.07, 6.45) is 0. The number of hydrogen-bond acceptors (Lipinski definition) is 7. The molecule has 0 aliphatic heterocycles. The lowest BCUT2D eigenvalue weighted by Gasteiger charge is -2.07. The van der Waals surface area contributed by atoms with Crippen LogP contribution in [0.15, 0.2) is 18.2 Å². The number of methoxy groups -OCH3 is 2. The second-order valence-electron chi connectivity index (χ2n) is 3.66. The number of halogens is 1. The lowest BCUT2D eigenvalue weighted by Crippen LogP contribution is -2.12. The Labute approximate surface area is 119 Å². The van der Waals surface area contributed by atoms with Gasteiger partial charge in [0.2, 0.25) is 11.6 Å². The Kier molecular flexibility index (Phi) is 3.99. The first-order valence-electron chi connectivity index (χ1n) is 5.49. The van der Waals surface area contributed by atoms with Crippen LogP contribution in [0.5, 0.6) is 12.0 Å². The highest BCUT2D eigenvalue weighted by Crippen LogP contribution is 2.24. The standard InChI is InChI=1S/C12H11ClN4O3/c1-19-11-15-10(16-12(17-11)20-2)9(18)6-4-3-5-7(13)8(6)14/h3-5H,14H2,1-2H3. The predicted molar refractivity (Wildman–Crippen MR) is 72.2 cm³/mol. The summed E-state index contributed by atoms with van der Waals surface area (Å²) in [5.74, 6) is -0.633. The van der Waals surface area contributed by atoms with Gasteiger partial charge in [0.05, 0.1) is 30.5 Å². The molecule has 0 amide bonds. The first kappa shape index (κ1) is 14.0. The summed E-state index contributed by atoms with van der Waals surface area (Å²) in [7, 11) is 2.74. The van der Waals surface area contributed by atoms with Gasteiger partial charge >= 0.3 is 12.0 Å². The van der Waals surface area contributed by atoms with E-state index in [-0.39, 0.29) is 34.1 Å². The summed E-state index contributed by atoms with van der Waals surface area (Å²) in [5.41, 5.74) is 6.14. The molecule has 2 rings (SSSR count). The van der Waals surface area contributed by atoms with E-state index in [9.17, 15) is 4.79 Å². The Bertz CT molecular complexity index is 641. The van der Waals surface area contributed by atoms with Crippen molar-refractivity contribution in [1.29, 1.82) is 0 Å². The van der Waals surface area contributed by atoms with Crippen LogP contribution in [0.25, 0.3) is 0 Å². The Hall–Kier alpha value is -2.41. The fraction of sp³-hybridized carbons (Fsp3) is 0.167. The first-order chi connectivity index (χ1) is 9.56. The lowest BCUT2D eigenvalue weighted by atomic mass is 10.1. The summed E-state index contributed by atoms with van der Waals surface area (Å²) < 4.78 is 9.77. The third-order valence-corrected chi connectivity index (χ3v) is 2.79. The van der Waals surface area contributed by atoms with E-state index in [2.05, 4.69) is 15.0 Å². The van der Waals surface area contributed by atoms with Crippen LogP contribution in [-0.4, -0.2) is 35.0 Å². The maximum Gasteiger partial charge on any atom is 0.323 e. The van der Waals surface area contributed by atoms with E-state index >= 15 is 0 Å². The average molecular weight is 295 g/mol. The van der Waals surface area contributed by atoms with Gasteiger partial charge in [-0.2, -0.15) is 9.97 Å². The quantitative estimate of drug-likeness (QED) is 0.671. The van der Waals surface area contributed by atoms with E-state index in [4.69, 9.17) is 26.8 Å². The van der Waals surface area contributed by atoms with Crippen molar-refractivity contribution in [2.24, 2.45) is 0 Å². The predicted octanol–water partition coefficient (Wildman–Crippen LogP) is 1.36. The van der Waals surface area contributed by atoms with Crippen LogP contribution < -0.4 is 15.2 Å². The number of carbonyl (C=O) groups is 1. The zero-order valence-corrected chi connectivity index (χ0v) is 11.5. The van der Waals surface area contributed by atoms with Gasteiger partial charge in [-0.25, -0.2) is 0 Å². The molecule has 2 N–H and O–H groups in total. The van der Waals surface area contributed by atoms with Crippen LogP contribution in [-0.2, 0) is 0 Å². The highest BCUT2D eigenvalue weighted by Gasteiger charge is 2.19. The number of benzene rings is 1. The topological polar surface area (TPSA) is 100 Å². The van der Waals surface area contributed by atoms with Crippen molar-refractivity contribution in [1.82, 2.24) is 15.0 Å². The van der Waals surface area contributed by atoms with Crippen molar-refractivity contribution in [2.75, 3.05) is 20.0 Å². The molecule has 7 nitrogen and oxygen atoms in total. The van der Waals surface area contributed by atoms with E-state index in [0.717, 1.165) is 0 Å². The van der Waals surface area contributed by atoms with Gasteiger partial charge in [0.15, 0.2) is 0 Å². The molecule has 2 aromatic rings. The molecule has 1 aromatic carbocycles. The molecule has 0 unspecified atom stereocenters. The van der Waals surface area contributed by atoms with Gasteiger partial charge in [0, 0.05) is 0 Å². The molecule has 8 heteroatoms. The zero-order valence-electron chi connectivity index (χ0n) is 10.8. The summed E-state index contributed by atoms with van der Waals surface area (Å²) >= 11 is 5.88. The van der Waals surface area contributed by atoms with E-state index < -0.39 is 5.78 Å². The Balaban J connectivity index is 2.50. The van der Waals surface area contributed by atoms with Crippen molar-refractivity contribution in [2.45, 2.75) is 0 Å². The molecule has 1 heterocycles. The SMILES string of the molecule is COc1nc(OC)nc(C(=O)c2cccc(Cl)c2N)n1. The highest BCUT2D eigenvalue weighted by molar-refractivity contribution is 6.34. The first-order valence-corrected chi connectivity index (χ1v) is 5.87. The van der Waals surface area contributed by atoms with Gasteiger partial charge in [-0.1, -0.05) is 17.7 Å². The van der Waals surface area contributed by atoms with Crippen LogP contribution in [0, 0.1) is 0 Å². The maximum absolute atomic E-state index is 12.4. The Morgan fingerprint density at radius 2 is 1.75 bits per heavy atom. The second kappa shape index (κ2) is 5.70. The smallest absolute Gasteiger partial charge is 0.323 e. The Morgan fingerprint density at radius 1 is 1.15 bits per heavy atom. The summed E-state index contributed by atoms with van der Waals surface area (Å²) in [4.78, 5) is 23.9. The molecule has 0 radical (unpaired) electrons. The molecular weight excluding hydrogens is 284 g/mol. The van der Waals surface area contributed by atoms with E-state index in [0.29, 0.717) is 0 Å². The molecule has 1 aromatic heterocycles. The summed E-state index contributed by atoms with van der Waals surface area (Å²) in [6, 6.07) is 4.68. The van der Waals surface area contributed by atoms with E-state index in [1.54, 1.807) is 12.1 Å². The van der Waals surface area contributed by atoms with E-state index in [1.807, 2.05) is 0 Å². The lowest BCUT2D eigenvalue weighted by molar-refractivity contribution is 0.102. The van der Waals surface area contributed by atoms with E-state index in [1.165, 1.54) is 20.3 Å². The number of rotatable bonds is 4. The molecule has 0 fully saturated rings. The normalized spacial score (nSPS) is 10.2. The van der Waals surface area contributed by atoms with Crippen molar-refractivity contribution >= 4 is 23.1 Å². The van der Waals surface area contributed by atoms with Gasteiger partial charge < -0.3 is 15.2 Å². The van der Waals surface area contributed by atoms with Gasteiger partial charge in [-0.3, -0.25) is 4.79 Å². The number of nitrogens with zero attached hydrogens (tertiary/aromatic N) is 3. The third kappa shape index (κ3) is 2.62. The zero-order chi connectivity index (χ0) is 14.7. The fourth-order valence-electron chi connectivity index (χ4n) is 1.48. The minimum absolute atomic E-state index is 0.0270. The van der Waals surface area contributed by atoms with Gasteiger partial charge in [0.1, 0.15) is 0 Å². The minimum Gasteiger partial charge on any atom is -0.467 e. The number of carbonyl (C=O) groups excluding carboxylic acids is 1. The van der Waals surface area contributed by atoms with Crippen LogP contribution in [0.3, 0.4) is 0 Å². The molecule has 0 saturated heterocycles. The van der Waals surface area contributed by atoms with Crippen molar-refractivity contribution in [3.8, 4) is 12.0 Å². The van der Waals surface area contributed by atoms with Crippen LogP contribution in [0.4, 0.5) is 5.69 Å². The molecular formula is C12H11ClN4O3. The molecule has 0 atom stereocenters. The number of hydrogen-bond donors (Lipinski definition) is 1. The molecule has 20 heavy (non-hydrogen) atoms. The molecule has 0 spiro atoms. The number of para-hydroxylation sites is 1. The maximum atomic E-state index is 12.4. The fourth-order valence-corrected chi connectivity index (χ4v) is 1.65. The molecule has 0 bridgehead atoms. The number of nitrogens with two attached hydrogens (primary N) is 1. The number of aromatic nitrogens is 3. The van der Waals surface area contributed by atoms with Crippen LogP contribution >= 0.6 is 11.6 Å². The monoisotopic (exact) mass is 294 g/mol. The van der Waals surface area contributed by atoms with Crippen LogP contribution in [0.1, 0.15) is 16.2 Å². The Morgan fingerprint density at radius 3 is 2.30 bits per heavy atom. The van der Waals surface area contributed by atoms with Crippen molar-refractivity contribution < 1.29 is 14.3 Å². The molecule has 104 valence electrons. The van der Waals surface area contributed by atoms with Crippen molar-refractivity contribution in [3.63, 3.8) is 0 Å². The summed E-state index contributed by atoms with van der Waals surface area (Å²) in [6.45, 7) is 0. The molecule has 0 aliphatic rings. The van der Waals surface area contributed by atoms with Gasteiger partial charge in [0.25, 0.3) is 0 Å². The van der Waals surface area contributed by atoms with Gasteiger partial charge in [-0.05, 0) is 12.1 Å². The second-order valence-corrected chi connectivity index (χ2v) is 4.07. The largest absolute Gasteiger partial charge is 0.467 e. The molecule has 0 saturated carbocycles. The molecule has 0 aliphatic carbocycles. The number of nitrogen functional groups attached to an aromatic ring is 1. The number of ether oxygens (including phenoxy) is 2. The van der Waals surface area contributed by atoms with Gasteiger partial charge in [-0.15, -0.1) is 4.98 Å².